The minimum Gasteiger partial charge on any atom is -0.379 e. The monoisotopic (exact) mass is 924 g/mol. The average Bonchev–Trinajstić information content (AvgIpc) is 3.22. The van der Waals surface area contributed by atoms with Gasteiger partial charge in [-0.15, -0.1) is 0 Å². The summed E-state index contributed by atoms with van der Waals surface area (Å²) < 4.78 is 42.6. The molecule has 3 unspecified atom stereocenters. The summed E-state index contributed by atoms with van der Waals surface area (Å²) >= 11 is 4.77. The molecule has 0 saturated heterocycles. The molecule has 5 amide bonds. The van der Waals surface area contributed by atoms with Crippen LogP contribution in [-0.2, 0) is 88.0 Å². The molecule has 0 rings (SSSR count). The van der Waals surface area contributed by atoms with E-state index in [-0.39, 0.29) is 144 Å². The summed E-state index contributed by atoms with van der Waals surface area (Å²) in [5.41, 5.74) is 0. The maximum atomic E-state index is 13.1. The van der Waals surface area contributed by atoms with Crippen LogP contribution in [0.4, 0.5) is 0 Å². The lowest BCUT2D eigenvalue weighted by atomic mass is 10.1. The molecule has 0 heterocycles. The molecule has 358 valence electrons. The van der Waals surface area contributed by atoms with Crippen LogP contribution < -0.4 is 44.3 Å². The van der Waals surface area contributed by atoms with E-state index in [9.17, 15) is 28.9 Å². The number of amides is 5. The van der Waals surface area contributed by atoms with Gasteiger partial charge in [-0.3, -0.25) is 24.0 Å². The lowest BCUT2D eigenvalue weighted by Crippen LogP contribution is -2.50. The van der Waals surface area contributed by atoms with Crippen molar-refractivity contribution in [1.82, 2.24) is 26.6 Å². The van der Waals surface area contributed by atoms with E-state index in [1.54, 1.807) is 0 Å². The fourth-order valence-electron chi connectivity index (χ4n) is 4.53. The number of nitrogens with one attached hydrogen (secondary N) is 5. The van der Waals surface area contributed by atoms with Crippen molar-refractivity contribution in [2.24, 2.45) is 17.7 Å². The van der Waals surface area contributed by atoms with Crippen molar-refractivity contribution < 1.29 is 81.1 Å². The van der Waals surface area contributed by atoms with E-state index in [1.165, 1.54) is 6.66 Å². The Labute approximate surface area is 362 Å². The van der Waals surface area contributed by atoms with Gasteiger partial charge in [0, 0.05) is 45.6 Å². The Balaban J connectivity index is 4.97. The van der Waals surface area contributed by atoms with Gasteiger partial charge in [-0.25, -0.2) is 17.7 Å². The van der Waals surface area contributed by atoms with E-state index >= 15 is 0 Å². The van der Waals surface area contributed by atoms with Crippen molar-refractivity contribution in [3.8, 4) is 0 Å². The van der Waals surface area contributed by atoms with Gasteiger partial charge in [0.2, 0.25) is 29.5 Å². The van der Waals surface area contributed by atoms with E-state index in [0.717, 1.165) is 0 Å². The molecule has 0 aromatic rings. The first kappa shape index (κ1) is 58.4. The zero-order chi connectivity index (χ0) is 45.2. The van der Waals surface area contributed by atoms with Crippen LogP contribution in [0.15, 0.2) is 0 Å². The van der Waals surface area contributed by atoms with Crippen LogP contribution in [0, 0.1) is 0 Å². The molecule has 0 aromatic carbocycles. The van der Waals surface area contributed by atoms with E-state index in [0.29, 0.717) is 33.0 Å². The molecule has 0 aliphatic carbocycles. The van der Waals surface area contributed by atoms with Crippen molar-refractivity contribution in [3.63, 3.8) is 0 Å². The highest BCUT2D eigenvalue weighted by Gasteiger charge is 2.25. The lowest BCUT2D eigenvalue weighted by Gasteiger charge is -2.21. The summed E-state index contributed by atoms with van der Waals surface area (Å²) in [6.45, 7) is 3.19. The number of hydrogen-bond donors (Lipinski definition) is 9. The van der Waals surface area contributed by atoms with Crippen LogP contribution in [-0.4, -0.2) is 192 Å². The van der Waals surface area contributed by atoms with Gasteiger partial charge in [-0.1, -0.05) is 0 Å². The molecule has 0 radical (unpaired) electrons. The van der Waals surface area contributed by atoms with E-state index in [2.05, 4.69) is 41.1 Å². The van der Waals surface area contributed by atoms with Crippen molar-refractivity contribution >= 4 is 47.8 Å². The predicted octanol–water partition coefficient (Wildman–Crippen LogP) is -4.01. The second kappa shape index (κ2) is 41.4. The minimum absolute atomic E-state index is 0.0357. The first-order valence-electron chi connectivity index (χ1n) is 19.8. The van der Waals surface area contributed by atoms with Gasteiger partial charge in [0.15, 0.2) is 6.49 Å². The molecule has 0 bridgehead atoms. The number of carbonyl (C=O) groups is 5. The molecular weight excluding hydrogens is 855 g/mol. The van der Waals surface area contributed by atoms with Gasteiger partial charge in [-0.05, 0) is 24.6 Å². The normalized spacial score (nSPS) is 13.2. The Morgan fingerprint density at radius 3 is 1.21 bits per heavy atom. The third-order valence-corrected chi connectivity index (χ3v) is 8.45. The lowest BCUT2D eigenvalue weighted by molar-refractivity contribution is -0.131. The van der Waals surface area contributed by atoms with Gasteiger partial charge >= 0.3 is 0 Å². The average molecular weight is 925 g/mol. The molecule has 0 aliphatic heterocycles. The van der Waals surface area contributed by atoms with Gasteiger partial charge in [-0.2, -0.15) is 0 Å². The van der Waals surface area contributed by atoms with E-state index in [4.69, 9.17) is 67.2 Å². The fourth-order valence-corrected chi connectivity index (χ4v) is 5.17. The summed E-state index contributed by atoms with van der Waals surface area (Å²) in [5.74, 6) is 12.3. The van der Waals surface area contributed by atoms with Crippen molar-refractivity contribution in [1.29, 1.82) is 0 Å². The molecule has 0 aromatic heterocycles. The van der Waals surface area contributed by atoms with Crippen LogP contribution in [0.3, 0.4) is 0 Å². The zero-order valence-corrected chi connectivity index (χ0v) is 36.8. The molecule has 3 atom stereocenters. The summed E-state index contributed by atoms with van der Waals surface area (Å²) in [7, 11) is 0. The number of carbonyl (C=O) groups excluding carboxylic acids is 5. The highest BCUT2D eigenvalue weighted by atomic mass is 32.5. The van der Waals surface area contributed by atoms with Crippen molar-refractivity contribution in [2.75, 3.05) is 145 Å². The molecule has 25 nitrogen and oxygen atoms in total. The second-order valence-corrected chi connectivity index (χ2v) is 16.4. The smallest absolute Gasteiger partial charge is 0.242 e. The first-order chi connectivity index (χ1) is 29.4. The third-order valence-electron chi connectivity index (χ3n) is 7.47. The Kier molecular flexibility index (Phi) is 39.6. The van der Waals surface area contributed by atoms with Gasteiger partial charge in [0.05, 0.1) is 119 Å². The summed E-state index contributed by atoms with van der Waals surface area (Å²) in [4.78, 5) is 87.3. The SMILES string of the molecule is CP(O)(=S)OCCOCCOCCOCCOCCC(=O)NC(CCC(=O)NC(CCC(=O)NCCOCCON)C(=O)NCCOCCON)C(=O)NCCOCCON. The molecule has 0 aliphatic rings. The summed E-state index contributed by atoms with van der Waals surface area (Å²) in [6, 6.07) is -2.23. The molecule has 0 spiro atoms. The first-order valence-corrected chi connectivity index (χ1v) is 22.9. The third kappa shape index (κ3) is 40.0. The molecule has 0 fully saturated rings. The molecular formula is C34H69N8O17PS. The van der Waals surface area contributed by atoms with E-state index < -0.39 is 42.2 Å². The number of rotatable bonds is 44. The standard InChI is InChI=1S/C34H69N8O17PS/c1-60(48,61)59-27-23-55-19-18-54-17-16-53-15-14-49-10-6-32(45)42-29(34(47)40-9-13-52-22-26-58-37)3-5-31(44)41-28(33(46)39-8-12-51-21-25-57-36)2-4-30(43)38-7-11-50-20-24-56-35/h28-29H,2-27,35-37H2,1H3,(H,38,43)(H,39,46)(H,40,47)(H,41,44)(H,42,45)(H,48,61). The quantitative estimate of drug-likeness (QED) is 0.0160. The number of nitrogens with two attached hydrogens (primary N) is 3. The maximum absolute atomic E-state index is 13.1. The molecule has 12 N–H and O–H groups in total. The second-order valence-electron chi connectivity index (χ2n) is 12.5. The summed E-state index contributed by atoms with van der Waals surface area (Å²) in [6.07, 6.45) is -0.610. The highest BCUT2D eigenvalue weighted by Crippen LogP contribution is 2.36. The Morgan fingerprint density at radius 1 is 0.475 bits per heavy atom. The molecule has 27 heteroatoms. The molecule has 61 heavy (non-hydrogen) atoms. The van der Waals surface area contributed by atoms with Gasteiger partial charge < -0.3 is 83.7 Å². The Bertz CT molecular complexity index is 1200. The van der Waals surface area contributed by atoms with Crippen molar-refractivity contribution in [2.45, 2.75) is 44.2 Å². The topological polar surface area (TPSA) is 345 Å². The Morgan fingerprint density at radius 2 is 0.803 bits per heavy atom. The van der Waals surface area contributed by atoms with E-state index in [1.807, 2.05) is 0 Å². The minimum atomic E-state index is -2.69. The van der Waals surface area contributed by atoms with Crippen molar-refractivity contribution in [3.05, 3.63) is 0 Å². The van der Waals surface area contributed by atoms with Crippen LogP contribution in [0.1, 0.15) is 32.1 Å². The van der Waals surface area contributed by atoms with Crippen LogP contribution >= 0.6 is 6.49 Å². The van der Waals surface area contributed by atoms with Crippen LogP contribution in [0.2, 0.25) is 0 Å². The Hall–Kier alpha value is -2.60. The van der Waals surface area contributed by atoms with Crippen LogP contribution in [0.25, 0.3) is 0 Å². The number of hydrogen-bond acceptors (Lipinski definition) is 20. The van der Waals surface area contributed by atoms with Crippen LogP contribution in [0.5, 0.6) is 0 Å². The fraction of sp³-hybridized carbons (Fsp3) is 0.853. The number of ether oxygens (including phenoxy) is 7. The van der Waals surface area contributed by atoms with Gasteiger partial charge in [0.25, 0.3) is 0 Å². The summed E-state index contributed by atoms with van der Waals surface area (Å²) in [5, 5.41) is 13.2. The maximum Gasteiger partial charge on any atom is 0.242 e. The molecule has 0 saturated carbocycles. The largest absolute Gasteiger partial charge is 0.379 e. The predicted molar refractivity (Wildman–Crippen MR) is 221 cm³/mol. The zero-order valence-electron chi connectivity index (χ0n) is 35.1. The van der Waals surface area contributed by atoms with Gasteiger partial charge in [0.1, 0.15) is 12.1 Å². The highest BCUT2D eigenvalue weighted by molar-refractivity contribution is 8.09.